The van der Waals surface area contributed by atoms with Gasteiger partial charge in [-0.25, -0.2) is 4.79 Å². The highest BCUT2D eigenvalue weighted by Gasteiger charge is 2.03. The average molecular weight is 226 g/mol. The standard InChI is InChI=1S/C11H12ClNO2/c1-8(12)7-13-10-5-3-9(4-6-10)11(14)15-2/h3-6,13H,1,7H2,2H3. The van der Waals surface area contributed by atoms with Crippen LogP contribution < -0.4 is 5.32 Å². The van der Waals surface area contributed by atoms with Crippen molar-refractivity contribution < 1.29 is 9.53 Å². The summed E-state index contributed by atoms with van der Waals surface area (Å²) in [6.07, 6.45) is 0. The third kappa shape index (κ3) is 3.64. The molecule has 0 bridgehead atoms. The lowest BCUT2D eigenvalue weighted by molar-refractivity contribution is 0.0601. The lowest BCUT2D eigenvalue weighted by Gasteiger charge is -2.05. The van der Waals surface area contributed by atoms with E-state index in [0.717, 1.165) is 5.69 Å². The summed E-state index contributed by atoms with van der Waals surface area (Å²) in [7, 11) is 1.35. The second-order valence-electron chi connectivity index (χ2n) is 2.94. The number of nitrogens with one attached hydrogen (secondary N) is 1. The van der Waals surface area contributed by atoms with Crippen LogP contribution in [0.2, 0.25) is 0 Å². The van der Waals surface area contributed by atoms with Gasteiger partial charge in [0.05, 0.1) is 19.2 Å². The maximum absolute atomic E-state index is 11.1. The molecule has 0 amide bonds. The topological polar surface area (TPSA) is 38.3 Å². The normalized spacial score (nSPS) is 9.47. The molecule has 15 heavy (non-hydrogen) atoms. The Balaban J connectivity index is 2.64. The molecule has 0 spiro atoms. The number of methoxy groups -OCH3 is 1. The highest BCUT2D eigenvalue weighted by molar-refractivity contribution is 6.29. The second kappa shape index (κ2) is 5.41. The first-order chi connectivity index (χ1) is 7.13. The van der Waals surface area contributed by atoms with Crippen molar-refractivity contribution in [2.24, 2.45) is 0 Å². The molecule has 1 aromatic carbocycles. The first-order valence-corrected chi connectivity index (χ1v) is 4.77. The molecule has 0 radical (unpaired) electrons. The van der Waals surface area contributed by atoms with Gasteiger partial charge >= 0.3 is 5.97 Å². The van der Waals surface area contributed by atoms with E-state index in [1.807, 2.05) is 0 Å². The Kier molecular flexibility index (Phi) is 4.18. The van der Waals surface area contributed by atoms with Crippen molar-refractivity contribution in [3.63, 3.8) is 0 Å². The number of carbonyl (C=O) groups excluding carboxylic acids is 1. The Morgan fingerprint density at radius 1 is 1.47 bits per heavy atom. The van der Waals surface area contributed by atoms with Crippen LogP contribution in [0.4, 0.5) is 5.69 Å². The maximum atomic E-state index is 11.1. The fourth-order valence-corrected chi connectivity index (χ4v) is 1.11. The largest absolute Gasteiger partial charge is 0.465 e. The van der Waals surface area contributed by atoms with Gasteiger partial charge in [-0.1, -0.05) is 18.2 Å². The molecule has 1 N–H and O–H groups in total. The molecular weight excluding hydrogens is 214 g/mol. The van der Waals surface area contributed by atoms with Crippen LogP contribution in [0.25, 0.3) is 0 Å². The summed E-state index contributed by atoms with van der Waals surface area (Å²) in [5, 5.41) is 3.58. The zero-order valence-corrected chi connectivity index (χ0v) is 9.17. The number of anilines is 1. The van der Waals surface area contributed by atoms with Gasteiger partial charge in [0, 0.05) is 10.7 Å². The molecule has 3 nitrogen and oxygen atoms in total. The first-order valence-electron chi connectivity index (χ1n) is 4.39. The second-order valence-corrected chi connectivity index (χ2v) is 3.47. The van der Waals surface area contributed by atoms with Gasteiger partial charge in [-0.05, 0) is 24.3 Å². The van der Waals surface area contributed by atoms with Crippen LogP contribution in [0.15, 0.2) is 35.9 Å². The minimum atomic E-state index is -0.344. The Labute approximate surface area is 93.7 Å². The maximum Gasteiger partial charge on any atom is 0.337 e. The SMILES string of the molecule is C=C(Cl)CNc1ccc(C(=O)OC)cc1. The molecule has 0 saturated carbocycles. The fourth-order valence-electron chi connectivity index (χ4n) is 1.04. The molecule has 0 heterocycles. The number of benzene rings is 1. The van der Waals surface area contributed by atoms with Crippen LogP contribution in [0, 0.1) is 0 Å². The molecule has 0 aromatic heterocycles. The minimum absolute atomic E-state index is 0.344. The quantitative estimate of drug-likeness (QED) is 0.801. The van der Waals surface area contributed by atoms with Gasteiger partial charge in [0.2, 0.25) is 0 Å². The van der Waals surface area contributed by atoms with Crippen LogP contribution in [-0.2, 0) is 4.74 Å². The Bertz CT molecular complexity index is 359. The molecular formula is C11H12ClNO2. The average Bonchev–Trinajstić information content (AvgIpc) is 2.26. The van der Waals surface area contributed by atoms with E-state index >= 15 is 0 Å². The molecule has 1 aromatic rings. The lowest BCUT2D eigenvalue weighted by atomic mass is 10.2. The molecule has 0 unspecified atom stereocenters. The molecule has 0 aliphatic rings. The van der Waals surface area contributed by atoms with Gasteiger partial charge in [0.25, 0.3) is 0 Å². The van der Waals surface area contributed by atoms with Crippen molar-refractivity contribution in [1.82, 2.24) is 0 Å². The molecule has 0 atom stereocenters. The summed E-state index contributed by atoms with van der Waals surface area (Å²) < 4.78 is 4.58. The molecule has 0 saturated heterocycles. The molecule has 80 valence electrons. The Morgan fingerprint density at radius 2 is 2.07 bits per heavy atom. The Hall–Kier alpha value is -1.48. The molecule has 0 aliphatic heterocycles. The van der Waals surface area contributed by atoms with Crippen molar-refractivity contribution in [1.29, 1.82) is 0 Å². The van der Waals surface area contributed by atoms with Crippen molar-refractivity contribution >= 4 is 23.3 Å². The van der Waals surface area contributed by atoms with E-state index < -0.39 is 0 Å². The molecule has 4 heteroatoms. The smallest absolute Gasteiger partial charge is 0.337 e. The zero-order chi connectivity index (χ0) is 11.3. The van der Waals surface area contributed by atoms with Gasteiger partial charge in [0.1, 0.15) is 0 Å². The van der Waals surface area contributed by atoms with Crippen LogP contribution in [0.1, 0.15) is 10.4 Å². The van der Waals surface area contributed by atoms with Crippen LogP contribution >= 0.6 is 11.6 Å². The highest BCUT2D eigenvalue weighted by Crippen LogP contribution is 2.11. The van der Waals surface area contributed by atoms with E-state index in [9.17, 15) is 4.79 Å². The summed E-state index contributed by atoms with van der Waals surface area (Å²) in [5.41, 5.74) is 1.40. The highest BCUT2D eigenvalue weighted by atomic mass is 35.5. The number of carbonyl (C=O) groups is 1. The third-order valence-electron chi connectivity index (χ3n) is 1.79. The molecule has 1 rings (SSSR count). The number of halogens is 1. The van der Waals surface area contributed by atoms with Gasteiger partial charge in [-0.2, -0.15) is 0 Å². The van der Waals surface area contributed by atoms with Crippen molar-refractivity contribution in [3.8, 4) is 0 Å². The fraction of sp³-hybridized carbons (Fsp3) is 0.182. The van der Waals surface area contributed by atoms with E-state index in [1.165, 1.54) is 7.11 Å². The first kappa shape index (κ1) is 11.6. The zero-order valence-electron chi connectivity index (χ0n) is 8.42. The summed E-state index contributed by atoms with van der Waals surface area (Å²) in [4.78, 5) is 11.1. The number of esters is 1. The van der Waals surface area contributed by atoms with Crippen molar-refractivity contribution in [2.75, 3.05) is 19.0 Å². The molecule has 0 aliphatic carbocycles. The van der Waals surface area contributed by atoms with Crippen molar-refractivity contribution in [3.05, 3.63) is 41.4 Å². The van der Waals surface area contributed by atoms with Crippen LogP contribution in [0.5, 0.6) is 0 Å². The van der Waals surface area contributed by atoms with Gasteiger partial charge < -0.3 is 10.1 Å². The summed E-state index contributed by atoms with van der Waals surface area (Å²) in [5.74, 6) is -0.344. The molecule has 0 fully saturated rings. The van der Waals surface area contributed by atoms with Gasteiger partial charge in [-0.3, -0.25) is 0 Å². The predicted octanol–water partition coefficient (Wildman–Crippen LogP) is 2.64. The number of rotatable bonds is 4. The van der Waals surface area contributed by atoms with E-state index in [4.69, 9.17) is 11.6 Å². The Morgan fingerprint density at radius 3 is 2.53 bits per heavy atom. The van der Waals surface area contributed by atoms with Crippen LogP contribution in [0.3, 0.4) is 0 Å². The van der Waals surface area contributed by atoms with E-state index in [1.54, 1.807) is 24.3 Å². The van der Waals surface area contributed by atoms with Gasteiger partial charge in [0.15, 0.2) is 0 Å². The summed E-state index contributed by atoms with van der Waals surface area (Å²) in [6.45, 7) is 4.06. The monoisotopic (exact) mass is 225 g/mol. The van der Waals surface area contributed by atoms with E-state index in [0.29, 0.717) is 17.1 Å². The number of hydrogen-bond acceptors (Lipinski definition) is 3. The lowest BCUT2D eigenvalue weighted by Crippen LogP contribution is -2.03. The minimum Gasteiger partial charge on any atom is -0.465 e. The predicted molar refractivity (Wildman–Crippen MR) is 61.3 cm³/mol. The number of hydrogen-bond donors (Lipinski definition) is 1. The summed E-state index contributed by atoms with van der Waals surface area (Å²) >= 11 is 5.60. The summed E-state index contributed by atoms with van der Waals surface area (Å²) in [6, 6.07) is 6.94. The third-order valence-corrected chi connectivity index (χ3v) is 1.92. The van der Waals surface area contributed by atoms with Crippen LogP contribution in [-0.4, -0.2) is 19.6 Å². The van der Waals surface area contributed by atoms with Gasteiger partial charge in [-0.15, -0.1) is 0 Å². The van der Waals surface area contributed by atoms with Crippen molar-refractivity contribution in [2.45, 2.75) is 0 Å². The van der Waals surface area contributed by atoms with E-state index in [2.05, 4.69) is 16.6 Å². The number of ether oxygens (including phenoxy) is 1. The van der Waals surface area contributed by atoms with E-state index in [-0.39, 0.29) is 5.97 Å².